The Bertz CT molecular complexity index is 1130. The third-order valence-electron chi connectivity index (χ3n) is 5.98. The van der Waals surface area contributed by atoms with Crippen molar-refractivity contribution in [3.63, 3.8) is 0 Å². The highest BCUT2D eigenvalue weighted by Crippen LogP contribution is 2.35. The lowest BCUT2D eigenvalue weighted by Gasteiger charge is -2.27. The number of amides is 1. The van der Waals surface area contributed by atoms with Gasteiger partial charge in [-0.1, -0.05) is 48.5 Å². The zero-order valence-electron chi connectivity index (χ0n) is 19.3. The molecule has 4 rings (SSSR count). The van der Waals surface area contributed by atoms with E-state index >= 15 is 0 Å². The summed E-state index contributed by atoms with van der Waals surface area (Å²) in [6, 6.07) is 19.3. The number of benzene rings is 3. The van der Waals surface area contributed by atoms with Gasteiger partial charge in [0.2, 0.25) is 5.91 Å². The van der Waals surface area contributed by atoms with Crippen molar-refractivity contribution in [1.82, 2.24) is 10.6 Å². The van der Waals surface area contributed by atoms with E-state index in [1.807, 2.05) is 48.5 Å². The number of carbonyl (C=O) groups excluding carboxylic acids is 1. The Kier molecular flexibility index (Phi) is 7.60. The van der Waals surface area contributed by atoms with E-state index in [1.165, 1.54) is 12.1 Å². The summed E-state index contributed by atoms with van der Waals surface area (Å²) < 4.78 is 50.2. The van der Waals surface area contributed by atoms with Gasteiger partial charge >= 0.3 is 6.18 Å². The van der Waals surface area contributed by atoms with Crippen molar-refractivity contribution >= 4 is 5.91 Å². The van der Waals surface area contributed by atoms with Crippen molar-refractivity contribution in [3.8, 4) is 11.5 Å². The van der Waals surface area contributed by atoms with Crippen molar-refractivity contribution in [2.24, 2.45) is 0 Å². The van der Waals surface area contributed by atoms with Crippen LogP contribution in [-0.4, -0.2) is 26.2 Å². The molecule has 2 N–H and O–H groups in total. The lowest BCUT2D eigenvalue weighted by atomic mass is 9.95. The number of aryl methyl sites for hydroxylation is 1. The van der Waals surface area contributed by atoms with Gasteiger partial charge in [-0.15, -0.1) is 0 Å². The number of ether oxygens (including phenoxy) is 2. The molecule has 1 aliphatic heterocycles. The molecule has 3 aromatic carbocycles. The lowest BCUT2D eigenvalue weighted by molar-refractivity contribution is -0.137. The van der Waals surface area contributed by atoms with Gasteiger partial charge in [-0.05, 0) is 53.8 Å². The molecule has 0 saturated heterocycles. The van der Waals surface area contributed by atoms with Crippen molar-refractivity contribution in [2.75, 3.05) is 20.3 Å². The van der Waals surface area contributed by atoms with Gasteiger partial charge in [0, 0.05) is 13.1 Å². The van der Waals surface area contributed by atoms with Gasteiger partial charge < -0.3 is 14.8 Å². The zero-order valence-corrected chi connectivity index (χ0v) is 19.3. The minimum atomic E-state index is -4.37. The summed E-state index contributed by atoms with van der Waals surface area (Å²) in [5.41, 5.74) is 1.81. The van der Waals surface area contributed by atoms with E-state index in [0.29, 0.717) is 37.6 Å². The van der Waals surface area contributed by atoms with Crippen LogP contribution in [0.2, 0.25) is 0 Å². The van der Waals surface area contributed by atoms with Gasteiger partial charge in [0.05, 0.1) is 5.56 Å². The molecule has 0 spiro atoms. The van der Waals surface area contributed by atoms with Gasteiger partial charge in [-0.3, -0.25) is 10.1 Å². The molecule has 1 amide bonds. The number of nitrogens with one attached hydrogen (secondary N) is 2. The molecule has 0 saturated carbocycles. The predicted octanol–water partition coefficient (Wildman–Crippen LogP) is 5.23. The van der Waals surface area contributed by atoms with Crippen LogP contribution >= 0.6 is 0 Å². The van der Waals surface area contributed by atoms with Crippen LogP contribution in [0.25, 0.3) is 0 Å². The van der Waals surface area contributed by atoms with Gasteiger partial charge in [0.1, 0.15) is 19.3 Å². The third-order valence-corrected chi connectivity index (χ3v) is 5.98. The van der Waals surface area contributed by atoms with E-state index in [2.05, 4.69) is 10.6 Å². The van der Waals surface area contributed by atoms with E-state index in [9.17, 15) is 18.0 Å². The smallest absolute Gasteiger partial charge is 0.416 e. The van der Waals surface area contributed by atoms with Crippen molar-refractivity contribution < 1.29 is 27.4 Å². The Morgan fingerprint density at radius 2 is 1.60 bits per heavy atom. The molecule has 0 aromatic heterocycles. The summed E-state index contributed by atoms with van der Waals surface area (Å²) in [7, 11) is 1.58. The second-order valence-corrected chi connectivity index (χ2v) is 8.31. The van der Waals surface area contributed by atoms with Gasteiger partial charge in [0.15, 0.2) is 11.5 Å². The minimum absolute atomic E-state index is 0.187. The van der Waals surface area contributed by atoms with Crippen LogP contribution in [0, 0.1) is 0 Å². The molecule has 2 unspecified atom stereocenters. The normalized spacial score (nSPS) is 14.7. The van der Waals surface area contributed by atoms with Crippen LogP contribution in [0.4, 0.5) is 13.2 Å². The highest BCUT2D eigenvalue weighted by atomic mass is 19.4. The van der Waals surface area contributed by atoms with Crippen LogP contribution in [-0.2, 0) is 17.4 Å². The SMILES string of the molecule is CNC(=O)C(NC(CCc1ccc(C(F)(F)F)cc1)c1ccc2c(c1)OCCO2)c1ccccc1. The highest BCUT2D eigenvalue weighted by Gasteiger charge is 2.30. The number of likely N-dealkylation sites (N-methyl/N-ethyl adjacent to an activating group) is 1. The zero-order chi connectivity index (χ0) is 24.8. The van der Waals surface area contributed by atoms with Crippen LogP contribution in [0.3, 0.4) is 0 Å². The molecule has 5 nitrogen and oxygen atoms in total. The predicted molar refractivity (Wildman–Crippen MR) is 126 cm³/mol. The molecular weight excluding hydrogens is 457 g/mol. The fraction of sp³-hybridized carbons (Fsp3) is 0.296. The standard InChI is InChI=1S/C27H27F3N2O3/c1-31-26(33)25(19-5-3-2-4-6-19)32-22(20-10-14-23-24(17-20)35-16-15-34-23)13-9-18-7-11-21(12-8-18)27(28,29)30/h2-8,10-12,14,17,22,25,32H,9,13,15-16H2,1H3,(H,31,33). The maximum atomic E-state index is 12.9. The molecule has 0 fully saturated rings. The van der Waals surface area contributed by atoms with Crippen LogP contribution in [0.15, 0.2) is 72.8 Å². The maximum Gasteiger partial charge on any atom is 0.416 e. The summed E-state index contributed by atoms with van der Waals surface area (Å²) in [6.45, 7) is 0.930. The number of alkyl halides is 3. The quantitative estimate of drug-likeness (QED) is 0.460. The lowest BCUT2D eigenvalue weighted by Crippen LogP contribution is -2.38. The van der Waals surface area contributed by atoms with Crippen molar-refractivity contribution in [3.05, 3.63) is 95.1 Å². The van der Waals surface area contributed by atoms with Gasteiger partial charge in [-0.25, -0.2) is 0 Å². The molecule has 35 heavy (non-hydrogen) atoms. The Morgan fingerprint density at radius 3 is 2.26 bits per heavy atom. The summed E-state index contributed by atoms with van der Waals surface area (Å²) in [5, 5.41) is 6.17. The number of hydrogen-bond donors (Lipinski definition) is 2. The topological polar surface area (TPSA) is 59.6 Å². The first-order valence-corrected chi connectivity index (χ1v) is 11.4. The second kappa shape index (κ2) is 10.8. The molecular formula is C27H27F3N2O3. The Labute approximate surface area is 202 Å². The number of fused-ring (bicyclic) bond motifs is 1. The molecule has 2 atom stereocenters. The first kappa shape index (κ1) is 24.6. The van der Waals surface area contributed by atoms with E-state index < -0.39 is 17.8 Å². The first-order valence-electron chi connectivity index (χ1n) is 11.4. The molecule has 1 heterocycles. The summed E-state index contributed by atoms with van der Waals surface area (Å²) >= 11 is 0. The number of carbonyl (C=O) groups is 1. The molecule has 0 bridgehead atoms. The highest BCUT2D eigenvalue weighted by molar-refractivity contribution is 5.83. The second-order valence-electron chi connectivity index (χ2n) is 8.31. The Balaban J connectivity index is 1.60. The van der Waals surface area contributed by atoms with Crippen molar-refractivity contribution in [2.45, 2.75) is 31.1 Å². The first-order chi connectivity index (χ1) is 16.8. The third kappa shape index (κ3) is 6.14. The fourth-order valence-electron chi connectivity index (χ4n) is 4.11. The fourth-order valence-corrected chi connectivity index (χ4v) is 4.11. The molecule has 8 heteroatoms. The minimum Gasteiger partial charge on any atom is -0.486 e. The molecule has 184 valence electrons. The van der Waals surface area contributed by atoms with E-state index in [-0.39, 0.29) is 11.9 Å². The van der Waals surface area contributed by atoms with Crippen LogP contribution in [0.5, 0.6) is 11.5 Å². The summed E-state index contributed by atoms with van der Waals surface area (Å²) in [5.74, 6) is 1.10. The number of halogens is 3. The molecule has 0 aliphatic carbocycles. The maximum absolute atomic E-state index is 12.9. The Morgan fingerprint density at radius 1 is 0.914 bits per heavy atom. The monoisotopic (exact) mass is 484 g/mol. The molecule has 1 aliphatic rings. The summed E-state index contributed by atoms with van der Waals surface area (Å²) in [4.78, 5) is 12.8. The van der Waals surface area contributed by atoms with Gasteiger partial charge in [-0.2, -0.15) is 13.2 Å². The van der Waals surface area contributed by atoms with Crippen molar-refractivity contribution in [1.29, 1.82) is 0 Å². The number of rotatable bonds is 8. The van der Waals surface area contributed by atoms with Gasteiger partial charge in [0.25, 0.3) is 0 Å². The number of hydrogen-bond acceptors (Lipinski definition) is 4. The largest absolute Gasteiger partial charge is 0.486 e. The molecule has 3 aromatic rings. The Hall–Kier alpha value is -3.52. The average molecular weight is 485 g/mol. The van der Waals surface area contributed by atoms with E-state index in [4.69, 9.17) is 9.47 Å². The molecule has 0 radical (unpaired) electrons. The van der Waals surface area contributed by atoms with E-state index in [0.717, 1.165) is 28.8 Å². The average Bonchev–Trinajstić information content (AvgIpc) is 2.88. The summed E-state index contributed by atoms with van der Waals surface area (Å²) in [6.07, 6.45) is -3.31. The van der Waals surface area contributed by atoms with E-state index in [1.54, 1.807) is 7.05 Å². The van der Waals surface area contributed by atoms with Crippen LogP contribution in [0.1, 0.15) is 40.8 Å². The van der Waals surface area contributed by atoms with Crippen LogP contribution < -0.4 is 20.1 Å².